The Morgan fingerprint density at radius 2 is 1.15 bits per heavy atom. The number of carbonyl (C=O) groups excluding carboxylic acids is 4. The summed E-state index contributed by atoms with van der Waals surface area (Å²) in [5.41, 5.74) is 0. The lowest BCUT2D eigenvalue weighted by Crippen LogP contribution is -2.49. The summed E-state index contributed by atoms with van der Waals surface area (Å²) in [7, 11) is 0. The molecule has 2 N–H and O–H groups in total. The maximum atomic E-state index is 10.2. The van der Waals surface area contributed by atoms with Crippen LogP contribution in [0.3, 0.4) is 0 Å². The number of hydrogen-bond acceptors (Lipinski definition) is 6. The number of aliphatic carboxylic acids is 2. The Kier molecular flexibility index (Phi) is 3.93. The highest BCUT2D eigenvalue weighted by Gasteiger charge is 2.02. The van der Waals surface area contributed by atoms with E-state index < -0.39 is 30.4 Å². The summed E-state index contributed by atoms with van der Waals surface area (Å²) in [5, 5.41) is 22.8. The summed E-state index contributed by atoms with van der Waals surface area (Å²) in [5.74, 6) is -6.89. The molecule has 13 heavy (non-hydrogen) atoms. The summed E-state index contributed by atoms with van der Waals surface area (Å²) < 4.78 is 0. The van der Waals surface area contributed by atoms with Crippen molar-refractivity contribution in [2.24, 2.45) is 0 Å². The first-order valence-corrected chi connectivity index (χ1v) is 2.93. The lowest BCUT2D eigenvalue weighted by atomic mass is 10.6. The standard InChI is InChI=1S/C5H6N2O6/c8-2(4(10)11)6-1-7-3(9)5(12)13/h1H2,(H,6,8)(H,7,9)(H,10,11)(H,12,13)/p-2. The zero-order valence-electron chi connectivity index (χ0n) is 6.16. The molecule has 0 heterocycles. The molecule has 0 spiro atoms. The molecule has 0 aliphatic carbocycles. The smallest absolute Gasteiger partial charge is 0.268 e. The Hall–Kier alpha value is -2.12. The molecule has 0 aromatic rings. The average Bonchev–Trinajstić information content (AvgIpc) is 2.03. The van der Waals surface area contributed by atoms with Crippen LogP contribution in [0.15, 0.2) is 0 Å². The van der Waals surface area contributed by atoms with Gasteiger partial charge in [0.1, 0.15) is 11.9 Å². The number of carboxylic acid groups (broad SMARTS) is 2. The van der Waals surface area contributed by atoms with Crippen LogP contribution >= 0.6 is 0 Å². The molecule has 0 fully saturated rings. The Morgan fingerprint density at radius 1 is 0.846 bits per heavy atom. The lowest BCUT2D eigenvalue weighted by Gasteiger charge is -2.07. The quantitative estimate of drug-likeness (QED) is 0.327. The first-order valence-electron chi connectivity index (χ1n) is 2.93. The minimum atomic E-state index is -1.98. The number of hydrogen-bond donors (Lipinski definition) is 2. The van der Waals surface area contributed by atoms with Gasteiger partial charge >= 0.3 is 0 Å². The Balaban J connectivity index is 3.69. The van der Waals surface area contributed by atoms with E-state index in [-0.39, 0.29) is 0 Å². The van der Waals surface area contributed by atoms with Crippen LogP contribution in [0.4, 0.5) is 0 Å². The fourth-order valence-electron chi connectivity index (χ4n) is 0.349. The van der Waals surface area contributed by atoms with Crippen molar-refractivity contribution < 1.29 is 29.4 Å². The van der Waals surface area contributed by atoms with Crippen LogP contribution in [0, 0.1) is 0 Å². The van der Waals surface area contributed by atoms with Gasteiger partial charge in [0.25, 0.3) is 11.8 Å². The first kappa shape index (κ1) is 10.9. The zero-order valence-corrected chi connectivity index (χ0v) is 6.16. The van der Waals surface area contributed by atoms with Crippen molar-refractivity contribution in [2.45, 2.75) is 0 Å². The molecule has 2 amide bonds. The largest absolute Gasteiger partial charge is 0.540 e. The van der Waals surface area contributed by atoms with Gasteiger partial charge in [-0.1, -0.05) is 0 Å². The SMILES string of the molecule is O=C([O-])C(=O)NCNC(=O)C(=O)[O-]. The van der Waals surface area contributed by atoms with Crippen molar-refractivity contribution in [2.75, 3.05) is 6.67 Å². The van der Waals surface area contributed by atoms with Gasteiger partial charge in [-0.05, 0) is 0 Å². The van der Waals surface area contributed by atoms with E-state index in [2.05, 4.69) is 0 Å². The molecular weight excluding hydrogens is 184 g/mol. The molecule has 0 unspecified atom stereocenters. The van der Waals surface area contributed by atoms with Gasteiger partial charge < -0.3 is 30.4 Å². The highest BCUT2D eigenvalue weighted by molar-refractivity contribution is 6.31. The minimum absolute atomic E-state index is 0.625. The van der Waals surface area contributed by atoms with E-state index >= 15 is 0 Å². The third-order valence-electron chi connectivity index (χ3n) is 0.869. The molecular formula is C5H4N2O6-2. The van der Waals surface area contributed by atoms with Crippen molar-refractivity contribution in [3.63, 3.8) is 0 Å². The molecule has 0 saturated carbocycles. The lowest BCUT2D eigenvalue weighted by molar-refractivity contribution is -0.300. The molecule has 8 heteroatoms. The number of carbonyl (C=O) groups is 4. The van der Waals surface area contributed by atoms with E-state index in [0.29, 0.717) is 0 Å². The number of amides is 2. The van der Waals surface area contributed by atoms with E-state index in [4.69, 9.17) is 0 Å². The summed E-state index contributed by atoms with van der Waals surface area (Å²) in [6.07, 6.45) is 0. The van der Waals surface area contributed by atoms with E-state index in [1.165, 1.54) is 0 Å². The minimum Gasteiger partial charge on any atom is -0.540 e. The monoisotopic (exact) mass is 188 g/mol. The third kappa shape index (κ3) is 4.35. The topological polar surface area (TPSA) is 138 Å². The molecule has 0 bridgehead atoms. The molecule has 8 nitrogen and oxygen atoms in total. The van der Waals surface area contributed by atoms with Crippen LogP contribution in [-0.4, -0.2) is 30.4 Å². The van der Waals surface area contributed by atoms with Crippen molar-refractivity contribution in [1.29, 1.82) is 0 Å². The molecule has 0 aliphatic rings. The normalized spacial score (nSPS) is 8.62. The van der Waals surface area contributed by atoms with Gasteiger partial charge in [-0.2, -0.15) is 0 Å². The molecule has 0 aromatic heterocycles. The predicted molar refractivity (Wildman–Crippen MR) is 31.2 cm³/mol. The second-order valence-corrected chi connectivity index (χ2v) is 1.76. The maximum Gasteiger partial charge on any atom is 0.268 e. The second-order valence-electron chi connectivity index (χ2n) is 1.76. The maximum absolute atomic E-state index is 10.2. The molecule has 0 atom stereocenters. The third-order valence-corrected chi connectivity index (χ3v) is 0.869. The van der Waals surface area contributed by atoms with Gasteiger partial charge in [-0.3, -0.25) is 9.59 Å². The van der Waals surface area contributed by atoms with Crippen LogP contribution < -0.4 is 20.8 Å². The number of nitrogens with one attached hydrogen (secondary N) is 2. The van der Waals surface area contributed by atoms with E-state index in [0.717, 1.165) is 0 Å². The van der Waals surface area contributed by atoms with Gasteiger partial charge in [0.15, 0.2) is 0 Å². The summed E-state index contributed by atoms with van der Waals surface area (Å²) >= 11 is 0. The number of rotatable bonds is 2. The molecule has 0 saturated heterocycles. The Bertz CT molecular complexity index is 234. The molecule has 0 rings (SSSR count). The molecule has 0 aromatic carbocycles. The van der Waals surface area contributed by atoms with Crippen molar-refractivity contribution in [1.82, 2.24) is 10.6 Å². The Morgan fingerprint density at radius 3 is 1.38 bits per heavy atom. The van der Waals surface area contributed by atoms with Crippen LogP contribution in [0.25, 0.3) is 0 Å². The van der Waals surface area contributed by atoms with Gasteiger partial charge in [-0.25, -0.2) is 0 Å². The van der Waals surface area contributed by atoms with E-state index in [1.54, 1.807) is 10.6 Å². The fourth-order valence-corrected chi connectivity index (χ4v) is 0.349. The number of carboxylic acids is 2. The fraction of sp³-hybridized carbons (Fsp3) is 0.200. The average molecular weight is 188 g/mol. The van der Waals surface area contributed by atoms with Crippen molar-refractivity contribution >= 4 is 23.8 Å². The van der Waals surface area contributed by atoms with Crippen molar-refractivity contribution in [3.8, 4) is 0 Å². The summed E-state index contributed by atoms with van der Waals surface area (Å²) in [6, 6.07) is 0. The predicted octanol–water partition coefficient (Wildman–Crippen LogP) is -5.32. The molecule has 0 aliphatic heterocycles. The highest BCUT2D eigenvalue weighted by Crippen LogP contribution is 1.62. The van der Waals surface area contributed by atoms with E-state index in [1.807, 2.05) is 0 Å². The van der Waals surface area contributed by atoms with Crippen LogP contribution in [0.5, 0.6) is 0 Å². The van der Waals surface area contributed by atoms with Gasteiger partial charge in [0, 0.05) is 0 Å². The van der Waals surface area contributed by atoms with E-state index in [9.17, 15) is 29.4 Å². The van der Waals surface area contributed by atoms with Crippen LogP contribution in [0.1, 0.15) is 0 Å². The molecule has 0 radical (unpaired) electrons. The second kappa shape index (κ2) is 4.70. The first-order chi connectivity index (χ1) is 5.95. The molecule has 72 valence electrons. The van der Waals surface area contributed by atoms with Gasteiger partial charge in [-0.15, -0.1) is 0 Å². The highest BCUT2D eigenvalue weighted by atomic mass is 16.4. The summed E-state index contributed by atoms with van der Waals surface area (Å²) in [4.78, 5) is 39.9. The zero-order chi connectivity index (χ0) is 10.4. The summed E-state index contributed by atoms with van der Waals surface area (Å²) in [6.45, 7) is -0.625. The Labute approximate surface area is 71.5 Å². The van der Waals surface area contributed by atoms with Crippen molar-refractivity contribution in [3.05, 3.63) is 0 Å². The van der Waals surface area contributed by atoms with Gasteiger partial charge in [0.05, 0.1) is 6.67 Å². The van der Waals surface area contributed by atoms with Crippen LogP contribution in [0.2, 0.25) is 0 Å². The van der Waals surface area contributed by atoms with Crippen LogP contribution in [-0.2, 0) is 19.2 Å². The van der Waals surface area contributed by atoms with Gasteiger partial charge in [0.2, 0.25) is 0 Å².